The molecule has 1 fully saturated rings. The molecule has 3 aromatic rings. The molecule has 1 atom stereocenters. The first kappa shape index (κ1) is 24.2. The number of aromatic nitrogens is 4. The Morgan fingerprint density at radius 1 is 1.17 bits per heavy atom. The third-order valence-corrected chi connectivity index (χ3v) is 6.76. The van der Waals surface area contributed by atoms with Crippen molar-refractivity contribution >= 4 is 5.97 Å². The van der Waals surface area contributed by atoms with Gasteiger partial charge in [0.1, 0.15) is 17.9 Å². The molecule has 1 unspecified atom stereocenters. The SMILES string of the molecule is COC(=O)c1c(OCC2CCCCO2)cc(=O)n2c1CCN(Cc1cccn1-c1ncccn1)CC2. The van der Waals surface area contributed by atoms with E-state index in [0.717, 1.165) is 25.0 Å². The smallest absolute Gasteiger partial charge is 0.343 e. The summed E-state index contributed by atoms with van der Waals surface area (Å²) in [5.41, 5.74) is 1.85. The van der Waals surface area contributed by atoms with Crippen LogP contribution in [0, 0.1) is 0 Å². The maximum atomic E-state index is 13.1. The molecule has 36 heavy (non-hydrogen) atoms. The number of carbonyl (C=O) groups is 1. The summed E-state index contributed by atoms with van der Waals surface area (Å²) >= 11 is 0. The van der Waals surface area contributed by atoms with Crippen molar-refractivity contribution in [1.82, 2.24) is 24.0 Å². The van der Waals surface area contributed by atoms with Crippen molar-refractivity contribution < 1.29 is 19.0 Å². The van der Waals surface area contributed by atoms with Crippen molar-refractivity contribution in [3.8, 4) is 11.7 Å². The van der Waals surface area contributed by atoms with Crippen molar-refractivity contribution in [2.24, 2.45) is 0 Å². The molecule has 10 nitrogen and oxygen atoms in total. The number of fused-ring (bicyclic) bond motifs is 1. The molecular weight excluding hydrogens is 462 g/mol. The minimum atomic E-state index is -0.498. The van der Waals surface area contributed by atoms with E-state index in [4.69, 9.17) is 14.2 Å². The van der Waals surface area contributed by atoms with Gasteiger partial charge in [0, 0.05) is 75.3 Å². The molecule has 5 rings (SSSR count). The van der Waals surface area contributed by atoms with Gasteiger partial charge in [-0.2, -0.15) is 0 Å². The second kappa shape index (κ2) is 11.0. The molecule has 5 heterocycles. The third-order valence-electron chi connectivity index (χ3n) is 6.76. The molecule has 190 valence electrons. The van der Waals surface area contributed by atoms with E-state index in [2.05, 4.69) is 14.9 Å². The van der Waals surface area contributed by atoms with Gasteiger partial charge in [0.25, 0.3) is 5.56 Å². The standard InChI is InChI=1S/C26H31N5O5/c1-34-25(33)24-21-8-12-29(17-19-6-4-11-30(19)26-27-9-5-10-28-26)13-14-31(21)23(32)16-22(24)36-18-20-7-2-3-15-35-20/h4-6,9-11,16,20H,2-3,7-8,12-15,17-18H2,1H3. The van der Waals surface area contributed by atoms with E-state index in [9.17, 15) is 9.59 Å². The summed E-state index contributed by atoms with van der Waals surface area (Å²) in [7, 11) is 1.35. The number of nitrogens with zero attached hydrogens (tertiary/aromatic N) is 5. The normalized spacial score (nSPS) is 18.3. The second-order valence-electron chi connectivity index (χ2n) is 9.06. The zero-order valence-corrected chi connectivity index (χ0v) is 20.5. The van der Waals surface area contributed by atoms with Gasteiger partial charge in [-0.05, 0) is 37.5 Å². The zero-order valence-electron chi connectivity index (χ0n) is 20.5. The largest absolute Gasteiger partial charge is 0.490 e. The van der Waals surface area contributed by atoms with E-state index < -0.39 is 5.97 Å². The molecule has 2 aliphatic rings. The number of hydrogen-bond donors (Lipinski definition) is 0. The molecule has 0 N–H and O–H groups in total. The Kier molecular flexibility index (Phi) is 7.43. The fourth-order valence-corrected chi connectivity index (χ4v) is 4.89. The Balaban J connectivity index is 1.36. The fraction of sp³-hybridized carbons (Fsp3) is 0.462. The Labute approximate surface area is 209 Å². The van der Waals surface area contributed by atoms with Gasteiger partial charge in [-0.25, -0.2) is 14.8 Å². The number of carbonyl (C=O) groups excluding carboxylic acids is 1. The first-order valence-corrected chi connectivity index (χ1v) is 12.4. The lowest BCUT2D eigenvalue weighted by atomic mass is 10.1. The average molecular weight is 494 g/mol. The molecule has 10 heteroatoms. The van der Waals surface area contributed by atoms with Gasteiger partial charge in [-0.15, -0.1) is 0 Å². The summed E-state index contributed by atoms with van der Waals surface area (Å²) in [5, 5.41) is 0. The highest BCUT2D eigenvalue weighted by Crippen LogP contribution is 2.25. The van der Waals surface area contributed by atoms with Gasteiger partial charge >= 0.3 is 5.97 Å². The van der Waals surface area contributed by atoms with E-state index in [0.29, 0.717) is 63.0 Å². The van der Waals surface area contributed by atoms with E-state index in [-0.39, 0.29) is 17.4 Å². The summed E-state index contributed by atoms with van der Waals surface area (Å²) in [5.74, 6) is 0.390. The van der Waals surface area contributed by atoms with Crippen LogP contribution in [-0.2, 0) is 29.0 Å². The molecule has 0 bridgehead atoms. The van der Waals surface area contributed by atoms with Gasteiger partial charge in [0.2, 0.25) is 5.95 Å². The van der Waals surface area contributed by atoms with Crippen molar-refractivity contribution in [1.29, 1.82) is 0 Å². The van der Waals surface area contributed by atoms with Crippen molar-refractivity contribution in [2.45, 2.75) is 44.9 Å². The number of esters is 1. The lowest BCUT2D eigenvalue weighted by Gasteiger charge is -2.24. The van der Waals surface area contributed by atoms with Crippen LogP contribution in [0.2, 0.25) is 0 Å². The molecule has 3 aromatic heterocycles. The number of methoxy groups -OCH3 is 1. The van der Waals surface area contributed by atoms with E-state index in [1.54, 1.807) is 23.0 Å². The molecule has 0 radical (unpaired) electrons. The lowest BCUT2D eigenvalue weighted by molar-refractivity contribution is -0.0114. The topological polar surface area (TPSA) is 101 Å². The summed E-state index contributed by atoms with van der Waals surface area (Å²) < 4.78 is 20.5. The Morgan fingerprint density at radius 2 is 2.03 bits per heavy atom. The molecule has 0 aliphatic carbocycles. The van der Waals surface area contributed by atoms with Crippen LogP contribution < -0.4 is 10.3 Å². The van der Waals surface area contributed by atoms with Crippen molar-refractivity contribution in [3.05, 3.63) is 70.2 Å². The predicted octanol–water partition coefficient (Wildman–Crippen LogP) is 2.22. The van der Waals surface area contributed by atoms with Crippen LogP contribution in [0.5, 0.6) is 5.75 Å². The maximum absolute atomic E-state index is 13.1. The summed E-state index contributed by atoms with van der Waals surface area (Å²) in [4.78, 5) is 36.9. The number of hydrogen-bond acceptors (Lipinski definition) is 8. The zero-order chi connectivity index (χ0) is 24.9. The van der Waals surface area contributed by atoms with E-state index in [1.165, 1.54) is 13.2 Å². The molecule has 0 amide bonds. The van der Waals surface area contributed by atoms with Gasteiger partial charge in [-0.1, -0.05) is 0 Å². The third kappa shape index (κ3) is 5.19. The van der Waals surface area contributed by atoms with Crippen LogP contribution in [0.15, 0.2) is 47.7 Å². The predicted molar refractivity (Wildman–Crippen MR) is 131 cm³/mol. The number of rotatable bonds is 7. The van der Waals surface area contributed by atoms with Crippen LogP contribution in [-0.4, -0.2) is 69.5 Å². The first-order chi connectivity index (χ1) is 17.6. The van der Waals surface area contributed by atoms with Crippen LogP contribution in [0.1, 0.15) is 41.0 Å². The molecule has 1 saturated heterocycles. The van der Waals surface area contributed by atoms with Crippen molar-refractivity contribution in [3.63, 3.8) is 0 Å². The Hall–Kier alpha value is -3.50. The first-order valence-electron chi connectivity index (χ1n) is 12.4. The van der Waals surface area contributed by atoms with Gasteiger partial charge < -0.3 is 18.8 Å². The number of pyridine rings is 1. The average Bonchev–Trinajstić information content (AvgIpc) is 3.27. The van der Waals surface area contributed by atoms with Crippen LogP contribution in [0.3, 0.4) is 0 Å². The van der Waals surface area contributed by atoms with E-state index >= 15 is 0 Å². The van der Waals surface area contributed by atoms with Crippen LogP contribution in [0.4, 0.5) is 0 Å². The van der Waals surface area contributed by atoms with Gasteiger partial charge in [0.05, 0.1) is 13.2 Å². The monoisotopic (exact) mass is 493 g/mol. The number of ether oxygens (including phenoxy) is 3. The highest BCUT2D eigenvalue weighted by molar-refractivity contribution is 5.93. The highest BCUT2D eigenvalue weighted by atomic mass is 16.5. The molecular formula is C26H31N5O5. The molecule has 2 aliphatic heterocycles. The van der Waals surface area contributed by atoms with E-state index in [1.807, 2.05) is 22.9 Å². The lowest BCUT2D eigenvalue weighted by Crippen LogP contribution is -2.30. The fourth-order valence-electron chi connectivity index (χ4n) is 4.89. The summed E-state index contributed by atoms with van der Waals surface area (Å²) in [6, 6.07) is 7.21. The summed E-state index contributed by atoms with van der Waals surface area (Å²) in [6.07, 6.45) is 8.89. The quantitative estimate of drug-likeness (QED) is 0.462. The Morgan fingerprint density at radius 3 is 2.81 bits per heavy atom. The van der Waals surface area contributed by atoms with Crippen LogP contribution >= 0.6 is 0 Å². The molecule has 0 saturated carbocycles. The van der Waals surface area contributed by atoms with Gasteiger partial charge in [-0.3, -0.25) is 14.3 Å². The minimum absolute atomic E-state index is 0.0360. The summed E-state index contributed by atoms with van der Waals surface area (Å²) in [6.45, 7) is 3.46. The Bertz CT molecular complexity index is 1250. The molecule has 0 spiro atoms. The molecule has 0 aromatic carbocycles. The van der Waals surface area contributed by atoms with Crippen molar-refractivity contribution in [2.75, 3.05) is 33.4 Å². The van der Waals surface area contributed by atoms with Gasteiger partial charge in [0.15, 0.2) is 0 Å². The minimum Gasteiger partial charge on any atom is -0.490 e. The van der Waals surface area contributed by atoms with Crippen LogP contribution in [0.25, 0.3) is 5.95 Å². The highest BCUT2D eigenvalue weighted by Gasteiger charge is 2.27. The second-order valence-corrected chi connectivity index (χ2v) is 9.06. The maximum Gasteiger partial charge on any atom is 0.343 e.